The van der Waals surface area contributed by atoms with Crippen LogP contribution in [0.1, 0.15) is 41.5 Å². The fraction of sp³-hybridized carbons (Fsp3) is 0.235. The lowest BCUT2D eigenvalue weighted by atomic mass is 10.2. The molecule has 2 heterocycles. The van der Waals surface area contributed by atoms with Gasteiger partial charge in [0.15, 0.2) is 0 Å². The number of hydrogen-bond acceptors (Lipinski definition) is 3. The molecule has 0 saturated carbocycles. The van der Waals surface area contributed by atoms with Gasteiger partial charge in [-0.3, -0.25) is 9.78 Å². The van der Waals surface area contributed by atoms with Gasteiger partial charge in [-0.2, -0.15) is 0 Å². The molecule has 0 radical (unpaired) electrons. The Morgan fingerprint density at radius 1 is 1.30 bits per heavy atom. The van der Waals surface area contributed by atoms with Crippen LogP contribution >= 0.6 is 12.4 Å². The zero-order valence-corrected chi connectivity index (χ0v) is 13.9. The first kappa shape index (κ1) is 17.0. The van der Waals surface area contributed by atoms with E-state index in [-0.39, 0.29) is 18.3 Å². The Morgan fingerprint density at radius 3 is 2.83 bits per heavy atom. The Morgan fingerprint density at radius 2 is 2.13 bits per heavy atom. The number of aromatic amines is 1. The molecule has 0 fully saturated rings. The standard InChI is InChI=1S/C17H18N4O.ClH/c1-11(2)16-20-14-6-5-12(8-15(14)21-16)9-19-17(22)13-4-3-7-18-10-13;/h3-8,10-11H,9H2,1-2H3,(H,19,22)(H,20,21);1H. The smallest absolute Gasteiger partial charge is 0.253 e. The van der Waals surface area contributed by atoms with Crippen molar-refractivity contribution in [3.63, 3.8) is 0 Å². The van der Waals surface area contributed by atoms with Crippen molar-refractivity contribution in [2.75, 3.05) is 0 Å². The summed E-state index contributed by atoms with van der Waals surface area (Å²) in [5.41, 5.74) is 3.54. The van der Waals surface area contributed by atoms with Gasteiger partial charge in [-0.25, -0.2) is 4.98 Å². The number of fused-ring (bicyclic) bond motifs is 1. The predicted octanol–water partition coefficient (Wildman–Crippen LogP) is 3.43. The van der Waals surface area contributed by atoms with Gasteiger partial charge in [-0.1, -0.05) is 19.9 Å². The van der Waals surface area contributed by atoms with Gasteiger partial charge in [0, 0.05) is 24.9 Å². The van der Waals surface area contributed by atoms with E-state index in [0.29, 0.717) is 18.0 Å². The summed E-state index contributed by atoms with van der Waals surface area (Å²) in [6.45, 7) is 4.68. The Kier molecular flexibility index (Phi) is 5.34. The van der Waals surface area contributed by atoms with Gasteiger partial charge in [0.05, 0.1) is 16.6 Å². The molecule has 0 bridgehead atoms. The number of H-pyrrole nitrogens is 1. The number of benzene rings is 1. The van der Waals surface area contributed by atoms with Gasteiger partial charge in [0.2, 0.25) is 0 Å². The molecule has 0 aliphatic rings. The molecule has 0 spiro atoms. The van der Waals surface area contributed by atoms with E-state index >= 15 is 0 Å². The van der Waals surface area contributed by atoms with E-state index in [0.717, 1.165) is 22.4 Å². The molecule has 120 valence electrons. The summed E-state index contributed by atoms with van der Waals surface area (Å²) in [5.74, 6) is 1.22. The zero-order valence-electron chi connectivity index (χ0n) is 13.0. The molecule has 0 saturated heterocycles. The topological polar surface area (TPSA) is 70.7 Å². The van der Waals surface area contributed by atoms with Crippen molar-refractivity contribution in [1.29, 1.82) is 0 Å². The number of hydrogen-bond donors (Lipinski definition) is 2. The van der Waals surface area contributed by atoms with E-state index < -0.39 is 0 Å². The molecule has 5 nitrogen and oxygen atoms in total. The lowest BCUT2D eigenvalue weighted by Gasteiger charge is -2.05. The third-order valence-electron chi connectivity index (χ3n) is 3.49. The summed E-state index contributed by atoms with van der Waals surface area (Å²) in [6.07, 6.45) is 3.21. The van der Waals surface area contributed by atoms with Crippen LogP contribution in [0.15, 0.2) is 42.7 Å². The number of amides is 1. The second kappa shape index (κ2) is 7.24. The second-order valence-electron chi connectivity index (χ2n) is 5.55. The summed E-state index contributed by atoms with van der Waals surface area (Å²) in [6, 6.07) is 9.48. The van der Waals surface area contributed by atoms with Crippen LogP contribution < -0.4 is 5.32 Å². The fourth-order valence-electron chi connectivity index (χ4n) is 2.24. The molecule has 3 aromatic rings. The summed E-state index contributed by atoms with van der Waals surface area (Å²) in [7, 11) is 0. The number of carbonyl (C=O) groups excluding carboxylic acids is 1. The minimum absolute atomic E-state index is 0. The molecule has 2 aromatic heterocycles. The quantitative estimate of drug-likeness (QED) is 0.770. The van der Waals surface area contributed by atoms with Gasteiger partial charge in [0.25, 0.3) is 5.91 Å². The molecule has 0 unspecified atom stereocenters. The maximum absolute atomic E-state index is 12.0. The van der Waals surface area contributed by atoms with E-state index in [1.807, 2.05) is 18.2 Å². The number of nitrogens with zero attached hydrogens (tertiary/aromatic N) is 2. The van der Waals surface area contributed by atoms with Crippen LogP contribution in [-0.2, 0) is 6.54 Å². The van der Waals surface area contributed by atoms with E-state index in [2.05, 4.69) is 34.1 Å². The Balaban J connectivity index is 0.00000192. The Bertz CT molecular complexity index is 799. The summed E-state index contributed by atoms with van der Waals surface area (Å²) in [5, 5.41) is 2.90. The SMILES string of the molecule is CC(C)c1nc2ccc(CNC(=O)c3cccnc3)cc2[nH]1.Cl. The highest BCUT2D eigenvalue weighted by molar-refractivity contribution is 5.93. The van der Waals surface area contributed by atoms with Crippen LogP contribution in [0.4, 0.5) is 0 Å². The van der Waals surface area contributed by atoms with Crippen molar-refractivity contribution in [3.8, 4) is 0 Å². The number of carbonyl (C=O) groups is 1. The maximum atomic E-state index is 12.0. The molecular formula is C17H19ClN4O. The van der Waals surface area contributed by atoms with E-state index in [1.54, 1.807) is 24.5 Å². The summed E-state index contributed by atoms with van der Waals surface area (Å²) >= 11 is 0. The number of aromatic nitrogens is 3. The number of nitrogens with one attached hydrogen (secondary N) is 2. The molecule has 1 aromatic carbocycles. The van der Waals surface area contributed by atoms with Crippen molar-refractivity contribution in [1.82, 2.24) is 20.3 Å². The second-order valence-corrected chi connectivity index (χ2v) is 5.55. The molecule has 6 heteroatoms. The van der Waals surface area contributed by atoms with Crippen LogP contribution in [0.2, 0.25) is 0 Å². The minimum Gasteiger partial charge on any atom is -0.348 e. The van der Waals surface area contributed by atoms with Crippen molar-refractivity contribution in [2.24, 2.45) is 0 Å². The monoisotopic (exact) mass is 330 g/mol. The molecule has 1 amide bonds. The van der Waals surface area contributed by atoms with Crippen molar-refractivity contribution < 1.29 is 4.79 Å². The van der Waals surface area contributed by atoms with Gasteiger partial charge in [0.1, 0.15) is 5.82 Å². The van der Waals surface area contributed by atoms with Crippen LogP contribution in [0.3, 0.4) is 0 Å². The summed E-state index contributed by atoms with van der Waals surface area (Å²) < 4.78 is 0. The molecule has 3 rings (SSSR count). The van der Waals surface area contributed by atoms with E-state index in [1.165, 1.54) is 0 Å². The number of imidazole rings is 1. The number of rotatable bonds is 4. The molecule has 2 N–H and O–H groups in total. The third kappa shape index (κ3) is 3.87. The average molecular weight is 331 g/mol. The van der Waals surface area contributed by atoms with Gasteiger partial charge in [-0.05, 0) is 29.8 Å². The normalized spacial score (nSPS) is 10.6. The van der Waals surface area contributed by atoms with Gasteiger partial charge >= 0.3 is 0 Å². The first-order valence-electron chi connectivity index (χ1n) is 7.30. The molecule has 0 atom stereocenters. The van der Waals surface area contributed by atoms with Crippen molar-refractivity contribution >= 4 is 29.3 Å². The van der Waals surface area contributed by atoms with E-state index in [4.69, 9.17) is 0 Å². The maximum Gasteiger partial charge on any atom is 0.253 e. The highest BCUT2D eigenvalue weighted by atomic mass is 35.5. The van der Waals surface area contributed by atoms with Crippen LogP contribution in [-0.4, -0.2) is 20.9 Å². The number of halogens is 1. The number of pyridine rings is 1. The van der Waals surface area contributed by atoms with Crippen molar-refractivity contribution in [2.45, 2.75) is 26.3 Å². The van der Waals surface area contributed by atoms with E-state index in [9.17, 15) is 4.79 Å². The fourth-order valence-corrected chi connectivity index (χ4v) is 2.24. The summed E-state index contributed by atoms with van der Waals surface area (Å²) in [4.78, 5) is 23.8. The highest BCUT2D eigenvalue weighted by Gasteiger charge is 2.08. The van der Waals surface area contributed by atoms with Gasteiger partial charge < -0.3 is 10.3 Å². The molecule has 23 heavy (non-hydrogen) atoms. The Hall–Kier alpha value is -2.40. The lowest BCUT2D eigenvalue weighted by Crippen LogP contribution is -2.22. The molecule has 0 aliphatic heterocycles. The van der Waals surface area contributed by atoms with Crippen molar-refractivity contribution in [3.05, 3.63) is 59.7 Å². The first-order chi connectivity index (χ1) is 10.6. The largest absolute Gasteiger partial charge is 0.348 e. The highest BCUT2D eigenvalue weighted by Crippen LogP contribution is 2.18. The first-order valence-corrected chi connectivity index (χ1v) is 7.30. The Labute approximate surface area is 141 Å². The third-order valence-corrected chi connectivity index (χ3v) is 3.49. The lowest BCUT2D eigenvalue weighted by molar-refractivity contribution is 0.0950. The molecule has 0 aliphatic carbocycles. The predicted molar refractivity (Wildman–Crippen MR) is 92.8 cm³/mol. The van der Waals surface area contributed by atoms with Crippen LogP contribution in [0.5, 0.6) is 0 Å². The average Bonchev–Trinajstić information content (AvgIpc) is 2.97. The van der Waals surface area contributed by atoms with Crippen LogP contribution in [0, 0.1) is 0 Å². The van der Waals surface area contributed by atoms with Gasteiger partial charge in [-0.15, -0.1) is 12.4 Å². The van der Waals surface area contributed by atoms with Crippen LogP contribution in [0.25, 0.3) is 11.0 Å². The zero-order chi connectivity index (χ0) is 15.5. The minimum atomic E-state index is -0.124. The molecular weight excluding hydrogens is 312 g/mol.